The van der Waals surface area contributed by atoms with Gasteiger partial charge in [0.2, 0.25) is 5.91 Å². The summed E-state index contributed by atoms with van der Waals surface area (Å²) >= 11 is 0. The molecule has 0 aromatic carbocycles. The number of carbonyl (C=O) groups is 1. The van der Waals surface area contributed by atoms with Crippen LogP contribution < -0.4 is 0 Å². The Bertz CT molecular complexity index is 205. The van der Waals surface area contributed by atoms with E-state index in [0.29, 0.717) is 11.8 Å². The van der Waals surface area contributed by atoms with Crippen LogP contribution in [0.15, 0.2) is 0 Å². The van der Waals surface area contributed by atoms with E-state index in [0.717, 1.165) is 13.0 Å². The Kier molecular flexibility index (Phi) is 2.69. The van der Waals surface area contributed by atoms with E-state index in [1.807, 2.05) is 11.9 Å². The van der Waals surface area contributed by atoms with Gasteiger partial charge in [0, 0.05) is 19.5 Å². The number of likely N-dealkylation sites (tertiary alicyclic amines) is 1. The van der Waals surface area contributed by atoms with Gasteiger partial charge in [-0.25, -0.2) is 0 Å². The van der Waals surface area contributed by atoms with Crippen molar-refractivity contribution in [2.75, 3.05) is 13.6 Å². The average molecular weight is 183 g/mol. The smallest absolute Gasteiger partial charge is 0.226 e. The summed E-state index contributed by atoms with van der Waals surface area (Å²) in [5.74, 6) is 1.06. The van der Waals surface area contributed by atoms with Gasteiger partial charge in [0.15, 0.2) is 0 Å². The van der Waals surface area contributed by atoms with Crippen LogP contribution in [0.1, 0.15) is 34.1 Å². The molecule has 0 aromatic heterocycles. The van der Waals surface area contributed by atoms with E-state index < -0.39 is 0 Å². The first-order valence-electron chi connectivity index (χ1n) is 5.09. The zero-order valence-electron chi connectivity index (χ0n) is 9.42. The molecule has 2 heteroatoms. The van der Waals surface area contributed by atoms with Gasteiger partial charge in [-0.3, -0.25) is 4.79 Å². The minimum absolute atomic E-state index is 0.102. The van der Waals surface area contributed by atoms with Crippen molar-refractivity contribution < 1.29 is 4.79 Å². The lowest BCUT2D eigenvalue weighted by Crippen LogP contribution is -2.47. The van der Waals surface area contributed by atoms with E-state index >= 15 is 0 Å². The predicted octanol–water partition coefficient (Wildman–Crippen LogP) is 2.15. The van der Waals surface area contributed by atoms with Crippen molar-refractivity contribution in [2.45, 2.75) is 34.1 Å². The molecule has 0 aliphatic carbocycles. The first-order valence-corrected chi connectivity index (χ1v) is 5.09. The van der Waals surface area contributed by atoms with Crippen molar-refractivity contribution in [3.05, 3.63) is 0 Å². The van der Waals surface area contributed by atoms with Gasteiger partial charge in [0.1, 0.15) is 0 Å². The number of carbonyl (C=O) groups excluding carboxylic acids is 1. The average Bonchev–Trinajstić information content (AvgIpc) is 1.95. The molecular weight excluding hydrogens is 162 g/mol. The second-order valence-electron chi connectivity index (χ2n) is 5.37. The van der Waals surface area contributed by atoms with Gasteiger partial charge >= 0.3 is 0 Å². The standard InChI is InChI=1S/C11H21NO/c1-8-6-7-12(5)10(13)9(8)11(2,3)4/h8-9H,6-7H2,1-5H3/t8-,9?/m0/s1. The number of rotatable bonds is 0. The summed E-state index contributed by atoms with van der Waals surface area (Å²) in [6.45, 7) is 9.59. The van der Waals surface area contributed by atoms with Crippen molar-refractivity contribution in [3.8, 4) is 0 Å². The zero-order chi connectivity index (χ0) is 10.2. The summed E-state index contributed by atoms with van der Waals surface area (Å²) in [7, 11) is 1.91. The van der Waals surface area contributed by atoms with E-state index in [9.17, 15) is 4.79 Å². The molecule has 0 N–H and O–H groups in total. The number of nitrogens with zero attached hydrogens (tertiary/aromatic N) is 1. The first-order chi connectivity index (χ1) is 5.84. The van der Waals surface area contributed by atoms with Crippen molar-refractivity contribution >= 4 is 5.91 Å². The van der Waals surface area contributed by atoms with E-state index in [2.05, 4.69) is 27.7 Å². The molecule has 1 aliphatic heterocycles. The Morgan fingerprint density at radius 1 is 1.38 bits per heavy atom. The topological polar surface area (TPSA) is 20.3 Å². The fraction of sp³-hybridized carbons (Fsp3) is 0.909. The molecule has 0 aromatic rings. The highest BCUT2D eigenvalue weighted by Gasteiger charge is 2.39. The molecular formula is C11H21NO. The number of hydrogen-bond acceptors (Lipinski definition) is 1. The quantitative estimate of drug-likeness (QED) is 0.563. The molecule has 1 heterocycles. The lowest BCUT2D eigenvalue weighted by atomic mass is 9.70. The van der Waals surface area contributed by atoms with Gasteiger partial charge in [-0.1, -0.05) is 27.7 Å². The summed E-state index contributed by atoms with van der Waals surface area (Å²) in [6, 6.07) is 0. The van der Waals surface area contributed by atoms with E-state index in [1.165, 1.54) is 0 Å². The summed E-state index contributed by atoms with van der Waals surface area (Å²) in [5, 5.41) is 0. The molecule has 1 amide bonds. The Hall–Kier alpha value is -0.530. The minimum Gasteiger partial charge on any atom is -0.345 e. The minimum atomic E-state index is 0.102. The van der Waals surface area contributed by atoms with Crippen LogP contribution in [0.4, 0.5) is 0 Å². The van der Waals surface area contributed by atoms with Gasteiger partial charge in [-0.05, 0) is 17.8 Å². The second kappa shape index (κ2) is 3.32. The van der Waals surface area contributed by atoms with Crippen molar-refractivity contribution in [1.29, 1.82) is 0 Å². The van der Waals surface area contributed by atoms with Crippen LogP contribution in [-0.2, 0) is 4.79 Å². The molecule has 1 rings (SSSR count). The summed E-state index contributed by atoms with van der Waals surface area (Å²) in [4.78, 5) is 13.8. The Balaban J connectivity index is 2.85. The normalized spacial score (nSPS) is 30.8. The maximum atomic E-state index is 11.9. The summed E-state index contributed by atoms with van der Waals surface area (Å²) in [6.07, 6.45) is 1.14. The molecule has 0 radical (unpaired) electrons. The monoisotopic (exact) mass is 183 g/mol. The molecule has 0 saturated carbocycles. The third-order valence-electron chi connectivity index (χ3n) is 3.06. The van der Waals surface area contributed by atoms with E-state index in [4.69, 9.17) is 0 Å². The van der Waals surface area contributed by atoms with Crippen LogP contribution in [0, 0.1) is 17.3 Å². The first kappa shape index (κ1) is 10.6. The molecule has 13 heavy (non-hydrogen) atoms. The fourth-order valence-electron chi connectivity index (χ4n) is 2.38. The SMILES string of the molecule is C[C@H]1CCN(C)C(=O)C1C(C)(C)C. The fourth-order valence-corrected chi connectivity index (χ4v) is 2.38. The largest absolute Gasteiger partial charge is 0.345 e. The van der Waals surface area contributed by atoms with Gasteiger partial charge in [-0.15, -0.1) is 0 Å². The van der Waals surface area contributed by atoms with Crippen LogP contribution in [0.25, 0.3) is 0 Å². The number of amides is 1. The Morgan fingerprint density at radius 3 is 2.31 bits per heavy atom. The summed E-state index contributed by atoms with van der Waals surface area (Å²) in [5.41, 5.74) is 0.102. The van der Waals surface area contributed by atoms with E-state index in [1.54, 1.807) is 0 Å². The van der Waals surface area contributed by atoms with Gasteiger partial charge in [-0.2, -0.15) is 0 Å². The third kappa shape index (κ3) is 2.04. The molecule has 1 aliphatic rings. The molecule has 1 unspecified atom stereocenters. The highest BCUT2D eigenvalue weighted by Crippen LogP contribution is 2.37. The lowest BCUT2D eigenvalue weighted by molar-refractivity contribution is -0.144. The van der Waals surface area contributed by atoms with Gasteiger partial charge in [0.05, 0.1) is 0 Å². The van der Waals surface area contributed by atoms with Crippen molar-refractivity contribution in [2.24, 2.45) is 17.3 Å². The second-order valence-corrected chi connectivity index (χ2v) is 5.37. The third-order valence-corrected chi connectivity index (χ3v) is 3.06. The lowest BCUT2D eigenvalue weighted by Gasteiger charge is -2.41. The molecule has 76 valence electrons. The molecule has 2 atom stereocenters. The number of piperidine rings is 1. The zero-order valence-corrected chi connectivity index (χ0v) is 9.42. The summed E-state index contributed by atoms with van der Waals surface area (Å²) < 4.78 is 0. The van der Waals surface area contributed by atoms with Crippen LogP contribution in [-0.4, -0.2) is 24.4 Å². The van der Waals surface area contributed by atoms with Gasteiger partial charge < -0.3 is 4.90 Å². The van der Waals surface area contributed by atoms with Crippen LogP contribution in [0.3, 0.4) is 0 Å². The predicted molar refractivity (Wildman–Crippen MR) is 54.4 cm³/mol. The van der Waals surface area contributed by atoms with Crippen molar-refractivity contribution in [3.63, 3.8) is 0 Å². The molecule has 1 saturated heterocycles. The Labute approximate surface area is 81.3 Å². The Morgan fingerprint density at radius 2 is 1.92 bits per heavy atom. The van der Waals surface area contributed by atoms with E-state index in [-0.39, 0.29) is 11.3 Å². The van der Waals surface area contributed by atoms with Gasteiger partial charge in [0.25, 0.3) is 0 Å². The molecule has 2 nitrogen and oxygen atoms in total. The maximum absolute atomic E-state index is 11.9. The van der Waals surface area contributed by atoms with Crippen LogP contribution in [0.2, 0.25) is 0 Å². The van der Waals surface area contributed by atoms with Crippen LogP contribution in [0.5, 0.6) is 0 Å². The molecule has 0 spiro atoms. The molecule has 0 bridgehead atoms. The van der Waals surface area contributed by atoms with Crippen LogP contribution >= 0.6 is 0 Å². The highest BCUT2D eigenvalue weighted by atomic mass is 16.2. The highest BCUT2D eigenvalue weighted by molar-refractivity contribution is 5.80. The van der Waals surface area contributed by atoms with Crippen molar-refractivity contribution in [1.82, 2.24) is 4.90 Å². The maximum Gasteiger partial charge on any atom is 0.226 e. The number of hydrogen-bond donors (Lipinski definition) is 0. The molecule has 1 fully saturated rings.